The highest BCUT2D eigenvalue weighted by molar-refractivity contribution is 5.80. The molecule has 0 aromatic rings. The molecule has 0 radical (unpaired) electrons. The predicted octanol–water partition coefficient (Wildman–Crippen LogP) is 1.40. The Morgan fingerprint density at radius 2 is 1.74 bits per heavy atom. The molecule has 2 bridgehead atoms. The molecule has 4 atom stereocenters. The lowest BCUT2D eigenvalue weighted by atomic mass is 9.84. The first-order chi connectivity index (χ1) is 10.8. The van der Waals surface area contributed by atoms with Gasteiger partial charge in [0.1, 0.15) is 0 Å². The molecule has 2 N–H and O–H groups in total. The Bertz CT molecular complexity index is 452. The topological polar surface area (TPSA) is 49.6 Å². The Balaban J connectivity index is 1.52. The van der Waals surface area contributed by atoms with Crippen molar-refractivity contribution in [1.29, 1.82) is 0 Å². The van der Waals surface area contributed by atoms with Gasteiger partial charge in [-0.25, -0.2) is 8.78 Å². The summed E-state index contributed by atoms with van der Waals surface area (Å²) < 4.78 is 50.7. The molecule has 23 heavy (non-hydrogen) atoms. The number of nitrogens with two attached hydrogens (primary N) is 1. The summed E-state index contributed by atoms with van der Waals surface area (Å²) in [5.74, 6) is -3.35. The lowest BCUT2D eigenvalue weighted by molar-refractivity contribution is -0.150. The van der Waals surface area contributed by atoms with Crippen LogP contribution in [0.3, 0.4) is 0 Å². The van der Waals surface area contributed by atoms with Crippen molar-refractivity contribution in [2.75, 3.05) is 32.7 Å². The Morgan fingerprint density at radius 3 is 2.26 bits per heavy atom. The van der Waals surface area contributed by atoms with Crippen LogP contribution in [0, 0.1) is 17.8 Å². The van der Waals surface area contributed by atoms with Crippen molar-refractivity contribution in [3.05, 3.63) is 0 Å². The number of halogens is 4. The van der Waals surface area contributed by atoms with Gasteiger partial charge >= 0.3 is 12.3 Å². The molecule has 1 saturated heterocycles. The second-order valence-electron chi connectivity index (χ2n) is 7.10. The summed E-state index contributed by atoms with van der Waals surface area (Å²) in [5.41, 5.74) is 6.18. The number of fused-ring (bicyclic) bond motifs is 2. The van der Waals surface area contributed by atoms with Gasteiger partial charge in [0.15, 0.2) is 0 Å². The van der Waals surface area contributed by atoms with Crippen LogP contribution < -0.4 is 5.73 Å². The van der Waals surface area contributed by atoms with Crippen molar-refractivity contribution < 1.29 is 22.4 Å². The number of hydrogen-bond acceptors (Lipinski definition) is 3. The van der Waals surface area contributed by atoms with Crippen molar-refractivity contribution in [2.24, 2.45) is 23.5 Å². The van der Waals surface area contributed by atoms with E-state index in [0.29, 0.717) is 24.9 Å². The van der Waals surface area contributed by atoms with Crippen LogP contribution in [0.1, 0.15) is 19.3 Å². The van der Waals surface area contributed by atoms with Gasteiger partial charge in [0.05, 0.1) is 12.5 Å². The summed E-state index contributed by atoms with van der Waals surface area (Å²) in [4.78, 5) is 15.6. The van der Waals surface area contributed by atoms with Crippen molar-refractivity contribution >= 4 is 5.91 Å². The minimum atomic E-state index is -4.00. The van der Waals surface area contributed by atoms with Gasteiger partial charge in [0.25, 0.3) is 0 Å². The zero-order valence-corrected chi connectivity index (χ0v) is 12.9. The number of nitrogens with zero attached hydrogens (tertiary/aromatic N) is 2. The van der Waals surface area contributed by atoms with Crippen LogP contribution >= 0.6 is 0 Å². The zero-order chi connectivity index (χ0) is 16.8. The van der Waals surface area contributed by atoms with Crippen molar-refractivity contribution in [3.63, 3.8) is 0 Å². The summed E-state index contributed by atoms with van der Waals surface area (Å²) in [6, 6.07) is -0.0950. The van der Waals surface area contributed by atoms with Gasteiger partial charge < -0.3 is 10.6 Å². The lowest BCUT2D eigenvalue weighted by Crippen LogP contribution is -2.55. The molecule has 3 rings (SSSR count). The highest BCUT2D eigenvalue weighted by Crippen LogP contribution is 2.48. The maximum Gasteiger partial charge on any atom is 0.319 e. The van der Waals surface area contributed by atoms with E-state index >= 15 is 0 Å². The van der Waals surface area contributed by atoms with Crippen LogP contribution in [0.2, 0.25) is 0 Å². The smallest absolute Gasteiger partial charge is 0.319 e. The molecule has 4 unspecified atom stereocenters. The number of carbonyl (C=O) groups is 1. The number of carbonyl (C=O) groups excluding carboxylic acids is 1. The van der Waals surface area contributed by atoms with E-state index in [-0.39, 0.29) is 31.0 Å². The fourth-order valence-electron chi connectivity index (χ4n) is 4.41. The molecule has 0 aromatic heterocycles. The number of alkyl halides is 4. The van der Waals surface area contributed by atoms with E-state index in [2.05, 4.69) is 0 Å². The fraction of sp³-hybridized carbons (Fsp3) is 0.933. The largest absolute Gasteiger partial charge is 0.340 e. The number of piperazine rings is 1. The van der Waals surface area contributed by atoms with Crippen molar-refractivity contribution in [1.82, 2.24) is 9.80 Å². The van der Waals surface area contributed by atoms with Gasteiger partial charge in [0, 0.05) is 32.2 Å². The Labute approximate surface area is 133 Å². The van der Waals surface area contributed by atoms with E-state index < -0.39 is 18.9 Å². The first kappa shape index (κ1) is 17.0. The second kappa shape index (κ2) is 6.20. The normalized spacial score (nSPS) is 35.3. The highest BCUT2D eigenvalue weighted by atomic mass is 19.3. The third kappa shape index (κ3) is 3.20. The molecule has 1 aliphatic heterocycles. The number of rotatable bonds is 4. The van der Waals surface area contributed by atoms with Gasteiger partial charge in [-0.1, -0.05) is 0 Å². The third-order valence-electron chi connectivity index (χ3n) is 5.70. The molecule has 2 aliphatic carbocycles. The van der Waals surface area contributed by atoms with E-state index in [1.54, 1.807) is 4.90 Å². The molecule has 1 amide bonds. The minimum absolute atomic E-state index is 0.0185. The lowest BCUT2D eigenvalue weighted by Gasteiger charge is -2.39. The Kier molecular flexibility index (Phi) is 4.57. The van der Waals surface area contributed by atoms with E-state index in [4.69, 9.17) is 5.73 Å². The summed E-state index contributed by atoms with van der Waals surface area (Å²) in [6.07, 6.45) is -0.520. The van der Waals surface area contributed by atoms with Gasteiger partial charge in [-0.05, 0) is 31.1 Å². The molecule has 3 fully saturated rings. The quantitative estimate of drug-likeness (QED) is 0.789. The van der Waals surface area contributed by atoms with E-state index in [9.17, 15) is 22.4 Å². The van der Waals surface area contributed by atoms with E-state index in [1.165, 1.54) is 4.90 Å². The Hall–Kier alpha value is -0.890. The van der Waals surface area contributed by atoms with Gasteiger partial charge in [0.2, 0.25) is 5.91 Å². The van der Waals surface area contributed by atoms with Crippen LogP contribution in [0.15, 0.2) is 0 Å². The van der Waals surface area contributed by atoms with Gasteiger partial charge in [-0.2, -0.15) is 8.78 Å². The summed E-state index contributed by atoms with van der Waals surface area (Å²) in [7, 11) is 0. The molecule has 3 aliphatic rings. The van der Waals surface area contributed by atoms with Crippen LogP contribution in [-0.4, -0.2) is 66.8 Å². The standard InChI is InChI=1S/C15H23F4N3O/c16-14(17)15(18,19)8-21-3-5-22(6-4-21)13(23)11-9-1-2-10(7-9)12(11)20/h9-12,14H,1-8,20H2. The van der Waals surface area contributed by atoms with Crippen LogP contribution in [0.5, 0.6) is 0 Å². The summed E-state index contributed by atoms with van der Waals surface area (Å²) >= 11 is 0. The molecule has 4 nitrogen and oxygen atoms in total. The SMILES string of the molecule is NC1C2CCC(C2)C1C(=O)N1CCN(CC(F)(F)C(F)F)CC1. The number of hydrogen-bond donors (Lipinski definition) is 1. The summed E-state index contributed by atoms with van der Waals surface area (Å²) in [5, 5.41) is 0. The van der Waals surface area contributed by atoms with Crippen LogP contribution in [-0.2, 0) is 4.79 Å². The molecule has 2 saturated carbocycles. The van der Waals surface area contributed by atoms with E-state index in [0.717, 1.165) is 19.3 Å². The second-order valence-corrected chi connectivity index (χ2v) is 7.10. The maximum absolute atomic E-state index is 13.1. The predicted molar refractivity (Wildman–Crippen MR) is 76.3 cm³/mol. The van der Waals surface area contributed by atoms with Gasteiger partial charge in [-0.15, -0.1) is 0 Å². The van der Waals surface area contributed by atoms with Crippen molar-refractivity contribution in [3.8, 4) is 0 Å². The highest BCUT2D eigenvalue weighted by Gasteiger charge is 2.50. The van der Waals surface area contributed by atoms with Crippen LogP contribution in [0.4, 0.5) is 17.6 Å². The van der Waals surface area contributed by atoms with E-state index in [1.807, 2.05) is 0 Å². The molecule has 0 aromatic carbocycles. The average molecular weight is 337 g/mol. The average Bonchev–Trinajstić information content (AvgIpc) is 3.08. The molecule has 132 valence electrons. The molecule has 0 spiro atoms. The third-order valence-corrected chi connectivity index (χ3v) is 5.70. The molecular weight excluding hydrogens is 314 g/mol. The molecule has 8 heteroatoms. The maximum atomic E-state index is 13.1. The molecule has 1 heterocycles. The Morgan fingerprint density at radius 1 is 1.13 bits per heavy atom. The molecular formula is C15H23F4N3O. The first-order valence-electron chi connectivity index (χ1n) is 8.22. The monoisotopic (exact) mass is 337 g/mol. The van der Waals surface area contributed by atoms with Gasteiger partial charge in [-0.3, -0.25) is 9.69 Å². The minimum Gasteiger partial charge on any atom is -0.340 e. The van der Waals surface area contributed by atoms with Crippen molar-refractivity contribution in [2.45, 2.75) is 37.7 Å². The zero-order valence-electron chi connectivity index (χ0n) is 12.9. The summed E-state index contributed by atoms with van der Waals surface area (Å²) in [6.45, 7) is 0.0477. The van der Waals surface area contributed by atoms with Crippen LogP contribution in [0.25, 0.3) is 0 Å². The first-order valence-corrected chi connectivity index (χ1v) is 8.22. The number of amides is 1. The fourth-order valence-corrected chi connectivity index (χ4v) is 4.41.